The molecular formula is C12H19N3. The van der Waals surface area contributed by atoms with E-state index >= 15 is 0 Å². The van der Waals surface area contributed by atoms with Crippen LogP contribution in [0.1, 0.15) is 39.0 Å². The van der Waals surface area contributed by atoms with Gasteiger partial charge in [-0.05, 0) is 24.8 Å². The number of rotatable bonds is 3. The van der Waals surface area contributed by atoms with Gasteiger partial charge < -0.3 is 5.32 Å². The Morgan fingerprint density at radius 2 is 2.00 bits per heavy atom. The van der Waals surface area contributed by atoms with Crippen molar-refractivity contribution < 1.29 is 0 Å². The van der Waals surface area contributed by atoms with E-state index < -0.39 is 0 Å². The molecule has 1 aliphatic carbocycles. The zero-order valence-corrected chi connectivity index (χ0v) is 9.32. The predicted octanol–water partition coefficient (Wildman–Crippen LogP) is 2.86. The van der Waals surface area contributed by atoms with Gasteiger partial charge >= 0.3 is 0 Å². The molecule has 0 aliphatic heterocycles. The van der Waals surface area contributed by atoms with Gasteiger partial charge in [0, 0.05) is 18.4 Å². The first-order valence-corrected chi connectivity index (χ1v) is 5.93. The molecule has 1 aromatic heterocycles. The van der Waals surface area contributed by atoms with Gasteiger partial charge in [-0.15, -0.1) is 0 Å². The number of anilines is 1. The zero-order valence-electron chi connectivity index (χ0n) is 9.32. The van der Waals surface area contributed by atoms with Crippen LogP contribution in [0.5, 0.6) is 0 Å². The van der Waals surface area contributed by atoms with Gasteiger partial charge in [0.15, 0.2) is 0 Å². The lowest BCUT2D eigenvalue weighted by Gasteiger charge is -2.31. The number of nitrogens with one attached hydrogen (secondary N) is 1. The van der Waals surface area contributed by atoms with Crippen LogP contribution in [0.15, 0.2) is 18.5 Å². The standard InChI is InChI=1S/C12H19N3/c1-2-10-6-3-4-7-11(10)15-12-13-8-5-9-14-12/h5,8-11H,2-4,6-7H2,1H3,(H,13,14,15)/t10-,11-/m1/s1. The van der Waals surface area contributed by atoms with Crippen LogP contribution in [0.3, 0.4) is 0 Å². The molecule has 1 N–H and O–H groups in total. The van der Waals surface area contributed by atoms with Crippen LogP contribution in [0.25, 0.3) is 0 Å². The van der Waals surface area contributed by atoms with Gasteiger partial charge in [0.25, 0.3) is 0 Å². The summed E-state index contributed by atoms with van der Waals surface area (Å²) in [5, 5.41) is 3.46. The molecule has 0 bridgehead atoms. The van der Waals surface area contributed by atoms with Gasteiger partial charge in [0.05, 0.1) is 0 Å². The molecule has 1 aliphatic rings. The lowest BCUT2D eigenvalue weighted by Crippen LogP contribution is -2.32. The van der Waals surface area contributed by atoms with Gasteiger partial charge in [0.2, 0.25) is 5.95 Å². The van der Waals surface area contributed by atoms with Crippen molar-refractivity contribution in [1.82, 2.24) is 9.97 Å². The van der Waals surface area contributed by atoms with Crippen molar-refractivity contribution in [2.75, 3.05) is 5.32 Å². The maximum atomic E-state index is 4.22. The zero-order chi connectivity index (χ0) is 10.5. The Bertz CT molecular complexity index is 286. The molecule has 3 nitrogen and oxygen atoms in total. The minimum atomic E-state index is 0.575. The van der Waals surface area contributed by atoms with Crippen molar-refractivity contribution in [3.8, 4) is 0 Å². The molecule has 0 aromatic carbocycles. The quantitative estimate of drug-likeness (QED) is 0.824. The third kappa shape index (κ3) is 2.67. The summed E-state index contributed by atoms with van der Waals surface area (Å²) in [4.78, 5) is 8.44. The SMILES string of the molecule is CC[C@@H]1CCCC[C@H]1Nc1ncccn1. The lowest BCUT2D eigenvalue weighted by molar-refractivity contribution is 0.316. The molecule has 15 heavy (non-hydrogen) atoms. The number of nitrogens with zero attached hydrogens (tertiary/aromatic N) is 2. The molecule has 0 radical (unpaired) electrons. The minimum absolute atomic E-state index is 0.575. The van der Waals surface area contributed by atoms with Crippen LogP contribution in [0.2, 0.25) is 0 Å². The van der Waals surface area contributed by atoms with E-state index in [9.17, 15) is 0 Å². The van der Waals surface area contributed by atoms with Gasteiger partial charge in [-0.2, -0.15) is 0 Å². The molecule has 0 amide bonds. The van der Waals surface area contributed by atoms with Crippen molar-refractivity contribution >= 4 is 5.95 Å². The summed E-state index contributed by atoms with van der Waals surface area (Å²) in [6.07, 6.45) is 10.2. The number of hydrogen-bond donors (Lipinski definition) is 1. The molecule has 0 unspecified atom stereocenters. The smallest absolute Gasteiger partial charge is 0.222 e. The van der Waals surface area contributed by atoms with Gasteiger partial charge in [-0.1, -0.05) is 26.2 Å². The van der Waals surface area contributed by atoms with E-state index in [1.165, 1.54) is 32.1 Å². The summed E-state index contributed by atoms with van der Waals surface area (Å²) in [5.41, 5.74) is 0. The third-order valence-corrected chi connectivity index (χ3v) is 3.31. The minimum Gasteiger partial charge on any atom is -0.351 e. The second-order valence-electron chi connectivity index (χ2n) is 4.28. The van der Waals surface area contributed by atoms with E-state index in [0.717, 1.165) is 11.9 Å². The number of hydrogen-bond acceptors (Lipinski definition) is 3. The Morgan fingerprint density at radius 1 is 1.27 bits per heavy atom. The maximum absolute atomic E-state index is 4.22. The average Bonchev–Trinajstić information content (AvgIpc) is 2.31. The maximum Gasteiger partial charge on any atom is 0.222 e. The molecule has 1 saturated carbocycles. The average molecular weight is 205 g/mol. The first kappa shape index (κ1) is 10.4. The Hall–Kier alpha value is -1.12. The lowest BCUT2D eigenvalue weighted by atomic mass is 9.83. The molecule has 1 fully saturated rings. The van der Waals surface area contributed by atoms with Crippen LogP contribution in [-0.2, 0) is 0 Å². The summed E-state index contributed by atoms with van der Waals surface area (Å²) in [5.74, 6) is 1.57. The van der Waals surface area contributed by atoms with Crippen molar-refractivity contribution in [2.24, 2.45) is 5.92 Å². The third-order valence-electron chi connectivity index (χ3n) is 3.31. The Morgan fingerprint density at radius 3 is 2.73 bits per heavy atom. The fraction of sp³-hybridized carbons (Fsp3) is 0.667. The molecule has 1 aromatic rings. The summed E-state index contributed by atoms with van der Waals surface area (Å²) < 4.78 is 0. The second kappa shape index (κ2) is 5.10. The summed E-state index contributed by atoms with van der Waals surface area (Å²) in [6, 6.07) is 2.43. The van der Waals surface area contributed by atoms with Crippen LogP contribution in [0.4, 0.5) is 5.95 Å². The molecule has 1 heterocycles. The predicted molar refractivity (Wildman–Crippen MR) is 61.7 cm³/mol. The first-order chi connectivity index (χ1) is 7.40. The van der Waals surface area contributed by atoms with Crippen LogP contribution in [0, 0.1) is 5.92 Å². The van der Waals surface area contributed by atoms with Crippen LogP contribution >= 0.6 is 0 Å². The summed E-state index contributed by atoms with van der Waals surface area (Å²) in [6.45, 7) is 2.27. The van der Waals surface area contributed by atoms with E-state index in [4.69, 9.17) is 0 Å². The number of aromatic nitrogens is 2. The highest BCUT2D eigenvalue weighted by Gasteiger charge is 2.23. The highest BCUT2D eigenvalue weighted by Crippen LogP contribution is 2.28. The largest absolute Gasteiger partial charge is 0.351 e. The van der Waals surface area contributed by atoms with Gasteiger partial charge in [-0.25, -0.2) is 9.97 Å². The van der Waals surface area contributed by atoms with E-state index in [1.54, 1.807) is 12.4 Å². The van der Waals surface area contributed by atoms with Crippen molar-refractivity contribution in [3.05, 3.63) is 18.5 Å². The van der Waals surface area contributed by atoms with E-state index in [1.807, 2.05) is 6.07 Å². The molecule has 0 spiro atoms. The molecule has 3 heteroatoms. The fourth-order valence-corrected chi connectivity index (χ4v) is 2.43. The van der Waals surface area contributed by atoms with Crippen molar-refractivity contribution in [2.45, 2.75) is 45.1 Å². The fourth-order valence-electron chi connectivity index (χ4n) is 2.43. The van der Waals surface area contributed by atoms with Gasteiger partial charge in [-0.3, -0.25) is 0 Å². The van der Waals surface area contributed by atoms with Crippen LogP contribution < -0.4 is 5.32 Å². The normalized spacial score (nSPS) is 26.2. The molecule has 0 saturated heterocycles. The monoisotopic (exact) mass is 205 g/mol. The molecular weight excluding hydrogens is 186 g/mol. The molecule has 2 atom stereocenters. The van der Waals surface area contributed by atoms with Crippen molar-refractivity contribution in [3.63, 3.8) is 0 Å². The summed E-state index contributed by atoms with van der Waals surface area (Å²) in [7, 11) is 0. The second-order valence-corrected chi connectivity index (χ2v) is 4.28. The highest BCUT2D eigenvalue weighted by atomic mass is 15.1. The molecule has 2 rings (SSSR count). The van der Waals surface area contributed by atoms with E-state index in [-0.39, 0.29) is 0 Å². The van der Waals surface area contributed by atoms with Crippen molar-refractivity contribution in [1.29, 1.82) is 0 Å². The van der Waals surface area contributed by atoms with Gasteiger partial charge in [0.1, 0.15) is 0 Å². The molecule has 82 valence electrons. The van der Waals surface area contributed by atoms with E-state index in [2.05, 4.69) is 22.2 Å². The first-order valence-electron chi connectivity index (χ1n) is 5.93. The summed E-state index contributed by atoms with van der Waals surface area (Å²) >= 11 is 0. The highest BCUT2D eigenvalue weighted by molar-refractivity contribution is 5.24. The Balaban J connectivity index is 1.97. The Labute approximate surface area is 91.3 Å². The van der Waals surface area contributed by atoms with E-state index in [0.29, 0.717) is 6.04 Å². The topological polar surface area (TPSA) is 37.8 Å². The van der Waals surface area contributed by atoms with Crippen LogP contribution in [-0.4, -0.2) is 16.0 Å². The Kier molecular flexibility index (Phi) is 3.54.